The number of aryl methyl sites for hydroxylation is 2. The van der Waals surface area contributed by atoms with Crippen LogP contribution >= 0.6 is 0 Å². The lowest BCUT2D eigenvalue weighted by Crippen LogP contribution is -2.45. The topological polar surface area (TPSA) is 200 Å². The second-order valence-corrected chi connectivity index (χ2v) is 12.3. The highest BCUT2D eigenvalue weighted by Crippen LogP contribution is 2.39. The van der Waals surface area contributed by atoms with Crippen LogP contribution in [0.5, 0.6) is 0 Å². The van der Waals surface area contributed by atoms with Crippen LogP contribution in [0.15, 0.2) is 76.0 Å². The minimum atomic E-state index is -3.25. The first-order valence-electron chi connectivity index (χ1n) is 12.9. The fraction of sp³-hybridized carbons (Fsp3) is 0.241. The molecule has 224 valence electrons. The van der Waals surface area contributed by atoms with E-state index in [1.54, 1.807) is 26.0 Å². The molecule has 3 aromatic rings. The van der Waals surface area contributed by atoms with E-state index in [1.807, 2.05) is 0 Å². The molecule has 0 aliphatic heterocycles. The Morgan fingerprint density at radius 1 is 0.860 bits per heavy atom. The number of carboxylic acids is 2. The molecule has 0 heterocycles. The lowest BCUT2D eigenvalue weighted by Gasteiger charge is -2.21. The van der Waals surface area contributed by atoms with Crippen molar-refractivity contribution in [1.82, 2.24) is 0 Å². The molecule has 0 aromatic heterocycles. The van der Waals surface area contributed by atoms with E-state index in [0.29, 0.717) is 18.4 Å². The van der Waals surface area contributed by atoms with Gasteiger partial charge in [-0.2, -0.15) is 4.36 Å². The molecule has 0 saturated heterocycles. The number of nitro benzene ring substituents is 1. The van der Waals surface area contributed by atoms with E-state index in [4.69, 9.17) is 9.47 Å². The standard InChI is InChI=1S/C29H26N2O11S/c1-16-3-6-18(7-4-16)28(36)41-24(26(32)33)25(27(34)35)42-29(37)22-14-5-17(2)15-23(22)30-43(40,21-12-13-21)20-10-8-19(9-11-20)31(38)39/h3-11,14-15,21,24-25H,12-13H2,1-2H3,(H,32,33)(H,34,35)/t24?,25-,43-/m0/s1. The summed E-state index contributed by atoms with van der Waals surface area (Å²) in [4.78, 5) is 60.5. The number of nitro groups is 1. The van der Waals surface area contributed by atoms with Crippen LogP contribution in [0.3, 0.4) is 0 Å². The fourth-order valence-corrected chi connectivity index (χ4v) is 6.42. The van der Waals surface area contributed by atoms with Gasteiger partial charge in [-0.15, -0.1) is 0 Å². The van der Waals surface area contributed by atoms with Crippen molar-refractivity contribution in [1.29, 1.82) is 0 Å². The van der Waals surface area contributed by atoms with E-state index in [2.05, 4.69) is 4.36 Å². The van der Waals surface area contributed by atoms with E-state index in [1.165, 1.54) is 54.6 Å². The molecular weight excluding hydrogens is 584 g/mol. The van der Waals surface area contributed by atoms with E-state index in [0.717, 1.165) is 5.56 Å². The number of carbonyl (C=O) groups excluding carboxylic acids is 2. The number of ether oxygens (including phenoxy) is 2. The summed E-state index contributed by atoms with van der Waals surface area (Å²) in [5.41, 5.74) is 0.711. The minimum absolute atomic E-state index is 0.0481. The molecule has 3 aromatic carbocycles. The van der Waals surface area contributed by atoms with Crippen LogP contribution in [0.1, 0.15) is 44.7 Å². The van der Waals surface area contributed by atoms with Crippen LogP contribution in [-0.2, 0) is 28.8 Å². The molecule has 13 nitrogen and oxygen atoms in total. The Bertz CT molecular complexity index is 1720. The number of carboxylic acid groups (broad SMARTS) is 2. The normalized spacial score (nSPS) is 15.3. The van der Waals surface area contributed by atoms with Gasteiger partial charge in [-0.25, -0.2) is 23.4 Å². The van der Waals surface area contributed by atoms with Crippen LogP contribution in [0.25, 0.3) is 0 Å². The lowest BCUT2D eigenvalue weighted by molar-refractivity contribution is -0.384. The fourth-order valence-electron chi connectivity index (χ4n) is 4.04. The lowest BCUT2D eigenvalue weighted by atomic mass is 10.1. The zero-order chi connectivity index (χ0) is 31.5. The first-order chi connectivity index (χ1) is 20.3. The summed E-state index contributed by atoms with van der Waals surface area (Å²) in [5, 5.41) is 30.1. The Kier molecular flexibility index (Phi) is 8.90. The van der Waals surface area contributed by atoms with Gasteiger partial charge in [0.15, 0.2) is 0 Å². The molecule has 1 aliphatic rings. The Labute approximate surface area is 245 Å². The van der Waals surface area contributed by atoms with Crippen LogP contribution < -0.4 is 0 Å². The molecule has 0 amide bonds. The predicted octanol–water partition coefficient (Wildman–Crippen LogP) is 4.45. The molecule has 1 fully saturated rings. The molecular formula is C29H26N2O11S. The number of aliphatic carboxylic acids is 2. The SMILES string of the molecule is Cc1ccc(C(=O)OC(C(=O)O)[C@H](OC(=O)c2ccc(C)cc2N=[S@](=O)(c2ccc([N+](=O)[O-])cc2)C2CC2)C(=O)O)cc1. The maximum atomic E-state index is 14.2. The zero-order valence-corrected chi connectivity index (χ0v) is 23.7. The predicted molar refractivity (Wildman–Crippen MR) is 151 cm³/mol. The summed E-state index contributed by atoms with van der Waals surface area (Å²) in [6.45, 7) is 3.43. The third-order valence-corrected chi connectivity index (χ3v) is 9.28. The Morgan fingerprint density at radius 2 is 1.40 bits per heavy atom. The average molecular weight is 611 g/mol. The highest BCUT2D eigenvalue weighted by molar-refractivity contribution is 7.94. The van der Waals surface area contributed by atoms with Gasteiger partial charge in [0.05, 0.1) is 31.5 Å². The molecule has 43 heavy (non-hydrogen) atoms. The molecule has 14 heteroatoms. The van der Waals surface area contributed by atoms with E-state index in [-0.39, 0.29) is 27.4 Å². The van der Waals surface area contributed by atoms with Crippen molar-refractivity contribution in [2.45, 2.75) is 49.0 Å². The van der Waals surface area contributed by atoms with Gasteiger partial charge < -0.3 is 19.7 Å². The summed E-state index contributed by atoms with van der Waals surface area (Å²) in [5.74, 6) is -6.22. The van der Waals surface area contributed by atoms with Gasteiger partial charge in [0, 0.05) is 22.3 Å². The van der Waals surface area contributed by atoms with Crippen molar-refractivity contribution in [3.05, 3.63) is 99.1 Å². The van der Waals surface area contributed by atoms with Gasteiger partial charge in [-0.05, 0) is 68.7 Å². The number of carbonyl (C=O) groups is 4. The largest absolute Gasteiger partial charge is 0.478 e. The number of non-ortho nitro benzene ring substituents is 1. The number of nitrogens with zero attached hydrogens (tertiary/aromatic N) is 2. The van der Waals surface area contributed by atoms with Crippen molar-refractivity contribution < 1.29 is 48.0 Å². The maximum Gasteiger partial charge on any atom is 0.349 e. The summed E-state index contributed by atoms with van der Waals surface area (Å²) >= 11 is 0. The monoisotopic (exact) mass is 610 g/mol. The number of hydrogen-bond acceptors (Lipinski definition) is 10. The van der Waals surface area contributed by atoms with E-state index >= 15 is 0 Å². The molecule has 1 aliphatic carbocycles. The molecule has 0 spiro atoms. The van der Waals surface area contributed by atoms with Crippen molar-refractivity contribution in [3.63, 3.8) is 0 Å². The summed E-state index contributed by atoms with van der Waals surface area (Å²) in [7, 11) is -3.25. The van der Waals surface area contributed by atoms with Gasteiger partial charge in [0.25, 0.3) is 5.69 Å². The summed E-state index contributed by atoms with van der Waals surface area (Å²) in [6, 6.07) is 15.1. The summed E-state index contributed by atoms with van der Waals surface area (Å²) < 4.78 is 28.6. The van der Waals surface area contributed by atoms with Gasteiger partial charge in [-0.1, -0.05) is 23.8 Å². The number of hydrogen-bond donors (Lipinski definition) is 2. The molecule has 2 N–H and O–H groups in total. The van der Waals surface area contributed by atoms with Gasteiger partial charge in [0.2, 0.25) is 12.2 Å². The molecule has 1 unspecified atom stereocenters. The summed E-state index contributed by atoms with van der Waals surface area (Å²) in [6.07, 6.45) is -3.75. The van der Waals surface area contributed by atoms with E-state index in [9.17, 15) is 43.7 Å². The average Bonchev–Trinajstić information content (AvgIpc) is 3.81. The number of rotatable bonds is 11. The number of benzene rings is 3. The van der Waals surface area contributed by atoms with Gasteiger partial charge in [0.1, 0.15) is 0 Å². The van der Waals surface area contributed by atoms with Crippen molar-refractivity contribution >= 4 is 45.0 Å². The van der Waals surface area contributed by atoms with Crippen molar-refractivity contribution in [2.75, 3.05) is 0 Å². The van der Waals surface area contributed by atoms with Crippen LogP contribution in [-0.4, -0.2) is 60.7 Å². The molecule has 4 rings (SSSR count). The van der Waals surface area contributed by atoms with E-state index < -0.39 is 56.0 Å². The Balaban J connectivity index is 1.69. The quantitative estimate of drug-likeness (QED) is 0.176. The van der Waals surface area contributed by atoms with Gasteiger partial charge in [-0.3, -0.25) is 10.1 Å². The van der Waals surface area contributed by atoms with Crippen molar-refractivity contribution in [2.24, 2.45) is 4.36 Å². The smallest absolute Gasteiger partial charge is 0.349 e. The molecule has 1 saturated carbocycles. The second kappa shape index (κ2) is 12.4. The first-order valence-corrected chi connectivity index (χ1v) is 14.4. The minimum Gasteiger partial charge on any atom is -0.478 e. The number of esters is 2. The Hall–Kier alpha value is -5.11. The molecule has 0 radical (unpaired) electrons. The van der Waals surface area contributed by atoms with Crippen LogP contribution in [0.4, 0.5) is 11.4 Å². The molecule has 0 bridgehead atoms. The third kappa shape index (κ3) is 7.04. The van der Waals surface area contributed by atoms with Gasteiger partial charge >= 0.3 is 23.9 Å². The van der Waals surface area contributed by atoms with Crippen LogP contribution in [0.2, 0.25) is 0 Å². The van der Waals surface area contributed by atoms with Crippen molar-refractivity contribution in [3.8, 4) is 0 Å². The van der Waals surface area contributed by atoms with Crippen LogP contribution in [0, 0.1) is 24.0 Å². The maximum absolute atomic E-state index is 14.2. The highest BCUT2D eigenvalue weighted by Gasteiger charge is 2.41. The third-order valence-electron chi connectivity index (χ3n) is 6.49. The molecule has 3 atom stereocenters. The Morgan fingerprint density at radius 3 is 1.91 bits per heavy atom. The first kappa shape index (κ1) is 30.8. The highest BCUT2D eigenvalue weighted by atomic mass is 32.2. The second-order valence-electron chi connectivity index (χ2n) is 9.83. The zero-order valence-electron chi connectivity index (χ0n) is 22.9.